The first-order chi connectivity index (χ1) is 19.7. The summed E-state index contributed by atoms with van der Waals surface area (Å²) in [6.45, 7) is 6.46. The summed E-state index contributed by atoms with van der Waals surface area (Å²) in [5, 5.41) is 15.8. The molecule has 1 amide bonds. The molecule has 11 heteroatoms. The van der Waals surface area contributed by atoms with Crippen LogP contribution in [0.5, 0.6) is 5.75 Å². The topological polar surface area (TPSA) is 123 Å². The smallest absolute Gasteiger partial charge is 0.247 e. The van der Waals surface area contributed by atoms with Crippen LogP contribution < -0.4 is 25.2 Å². The minimum Gasteiger partial charge on any atom is -0.494 e. The number of aromatic nitrogens is 2. The SMILES string of the molecule is C=CC(=O)Nc1cc(Nc2nccc(C(=O)c3ccc(N4CC[C@H](O)C4)cc3)n2)c(OC)cc1N(C)CCN(C)C. The van der Waals surface area contributed by atoms with Crippen LogP contribution in [0, 0.1) is 0 Å². The first-order valence-corrected chi connectivity index (χ1v) is 13.4. The molecule has 1 fully saturated rings. The largest absolute Gasteiger partial charge is 0.494 e. The first-order valence-electron chi connectivity index (χ1n) is 13.4. The quantitative estimate of drug-likeness (QED) is 0.225. The Balaban J connectivity index is 1.57. The maximum Gasteiger partial charge on any atom is 0.247 e. The maximum atomic E-state index is 13.2. The number of β-amino-alcohol motifs (C(OH)–C–C–N with tert-alkyl or cyclic N) is 1. The van der Waals surface area contributed by atoms with Gasteiger partial charge in [-0.05, 0) is 63.0 Å². The Morgan fingerprint density at radius 2 is 1.90 bits per heavy atom. The highest BCUT2D eigenvalue weighted by Gasteiger charge is 2.21. The summed E-state index contributed by atoms with van der Waals surface area (Å²) in [7, 11) is 7.49. The van der Waals surface area contributed by atoms with Crippen LogP contribution in [-0.2, 0) is 4.79 Å². The number of anilines is 5. The second-order valence-electron chi connectivity index (χ2n) is 10.1. The van der Waals surface area contributed by atoms with Crippen molar-refractivity contribution in [1.29, 1.82) is 0 Å². The molecule has 3 N–H and O–H groups in total. The minimum atomic E-state index is -0.348. The molecule has 4 rings (SSSR count). The van der Waals surface area contributed by atoms with Gasteiger partial charge in [0.05, 0.1) is 30.3 Å². The highest BCUT2D eigenvalue weighted by molar-refractivity contribution is 6.08. The van der Waals surface area contributed by atoms with Crippen LogP contribution in [0.1, 0.15) is 22.5 Å². The lowest BCUT2D eigenvalue weighted by Gasteiger charge is -2.26. The lowest BCUT2D eigenvalue weighted by molar-refractivity contribution is -0.111. The highest BCUT2D eigenvalue weighted by atomic mass is 16.5. The average Bonchev–Trinajstić information content (AvgIpc) is 3.42. The zero-order chi connectivity index (χ0) is 29.5. The number of benzene rings is 2. The average molecular weight is 560 g/mol. The fourth-order valence-electron chi connectivity index (χ4n) is 4.52. The molecular formula is C30H37N7O4. The van der Waals surface area contributed by atoms with Crippen LogP contribution in [0.25, 0.3) is 0 Å². The number of nitrogens with zero attached hydrogens (tertiary/aromatic N) is 5. The number of methoxy groups -OCH3 is 1. The summed E-state index contributed by atoms with van der Waals surface area (Å²) in [5.41, 5.74) is 3.52. The molecule has 11 nitrogen and oxygen atoms in total. The fraction of sp³-hybridized carbons (Fsp3) is 0.333. The molecular weight excluding hydrogens is 522 g/mol. The number of aliphatic hydroxyl groups excluding tert-OH is 1. The van der Waals surface area contributed by atoms with E-state index in [0.29, 0.717) is 35.8 Å². The summed E-state index contributed by atoms with van der Waals surface area (Å²) in [6.07, 6.45) is 3.13. The number of aliphatic hydroxyl groups is 1. The van der Waals surface area contributed by atoms with E-state index in [0.717, 1.165) is 30.9 Å². The molecule has 2 heterocycles. The van der Waals surface area contributed by atoms with Crippen LogP contribution in [0.3, 0.4) is 0 Å². The second-order valence-corrected chi connectivity index (χ2v) is 10.1. The predicted molar refractivity (Wildman–Crippen MR) is 162 cm³/mol. The third-order valence-electron chi connectivity index (χ3n) is 6.85. The van der Waals surface area contributed by atoms with Crippen molar-refractivity contribution in [2.24, 2.45) is 0 Å². The van der Waals surface area contributed by atoms with Gasteiger partial charge in [0.2, 0.25) is 17.6 Å². The number of ketones is 1. The Bertz CT molecular complexity index is 1390. The Hall–Kier alpha value is -4.48. The third kappa shape index (κ3) is 7.38. The molecule has 0 saturated carbocycles. The summed E-state index contributed by atoms with van der Waals surface area (Å²) in [4.78, 5) is 40.4. The molecule has 0 aliphatic carbocycles. The standard InChI is InChI=1S/C30H37N7O4/c1-6-28(39)32-24-17-25(27(41-5)18-26(24)36(4)16-15-35(2)3)34-30-31-13-11-23(33-30)29(40)20-7-9-21(10-8-20)37-14-12-22(38)19-37/h6-11,13,17-18,22,38H,1,12,14-16,19H2,2-5H3,(H,32,39)(H,31,33,34)/t22-/m0/s1. The Morgan fingerprint density at radius 1 is 1.15 bits per heavy atom. The van der Waals surface area contributed by atoms with Gasteiger partial charge in [0, 0.05) is 56.7 Å². The molecule has 1 atom stereocenters. The van der Waals surface area contributed by atoms with Crippen molar-refractivity contribution in [3.05, 3.63) is 72.6 Å². The number of amides is 1. The van der Waals surface area contributed by atoms with E-state index in [-0.39, 0.29) is 29.4 Å². The highest BCUT2D eigenvalue weighted by Crippen LogP contribution is 2.38. The molecule has 1 aliphatic heterocycles. The molecule has 2 aromatic carbocycles. The van der Waals surface area contributed by atoms with Crippen molar-refractivity contribution >= 4 is 40.4 Å². The summed E-state index contributed by atoms with van der Waals surface area (Å²) in [6, 6.07) is 12.4. The first kappa shape index (κ1) is 29.5. The normalized spacial score (nSPS) is 14.6. The number of carbonyl (C=O) groups excluding carboxylic acids is 2. The van der Waals surface area contributed by atoms with Crippen molar-refractivity contribution < 1.29 is 19.4 Å². The molecule has 1 aromatic heterocycles. The molecule has 3 aromatic rings. The van der Waals surface area contributed by atoms with Crippen LogP contribution in [-0.4, -0.2) is 92.2 Å². The number of rotatable bonds is 12. The number of hydrogen-bond donors (Lipinski definition) is 3. The van der Waals surface area contributed by atoms with E-state index >= 15 is 0 Å². The summed E-state index contributed by atoms with van der Waals surface area (Å²) in [5.74, 6) is 0.120. The monoisotopic (exact) mass is 559 g/mol. The number of likely N-dealkylation sites (N-methyl/N-ethyl adjacent to an activating group) is 2. The number of hydrogen-bond acceptors (Lipinski definition) is 10. The predicted octanol–water partition coefficient (Wildman–Crippen LogP) is 3.15. The third-order valence-corrected chi connectivity index (χ3v) is 6.85. The van der Waals surface area contributed by atoms with Gasteiger partial charge in [-0.1, -0.05) is 6.58 Å². The molecule has 0 bridgehead atoms. The van der Waals surface area contributed by atoms with Crippen molar-refractivity contribution in [2.45, 2.75) is 12.5 Å². The van der Waals surface area contributed by atoms with Crippen molar-refractivity contribution in [3.63, 3.8) is 0 Å². The number of carbonyl (C=O) groups is 2. The van der Waals surface area contributed by atoms with Gasteiger partial charge in [0.15, 0.2) is 0 Å². The zero-order valence-electron chi connectivity index (χ0n) is 23.9. The van der Waals surface area contributed by atoms with Gasteiger partial charge in [0.1, 0.15) is 11.4 Å². The van der Waals surface area contributed by atoms with E-state index in [4.69, 9.17) is 4.74 Å². The van der Waals surface area contributed by atoms with E-state index in [1.54, 1.807) is 31.4 Å². The van der Waals surface area contributed by atoms with Gasteiger partial charge < -0.3 is 35.2 Å². The van der Waals surface area contributed by atoms with E-state index in [2.05, 4.69) is 37.0 Å². The second kappa shape index (κ2) is 13.2. The molecule has 0 unspecified atom stereocenters. The van der Waals surface area contributed by atoms with Gasteiger partial charge >= 0.3 is 0 Å². The van der Waals surface area contributed by atoms with Gasteiger partial charge in [-0.3, -0.25) is 9.59 Å². The lowest BCUT2D eigenvalue weighted by Crippen LogP contribution is -2.29. The zero-order valence-corrected chi connectivity index (χ0v) is 23.9. The number of nitrogens with one attached hydrogen (secondary N) is 2. The Labute approximate surface area is 240 Å². The van der Waals surface area contributed by atoms with E-state index in [1.165, 1.54) is 12.3 Å². The molecule has 0 radical (unpaired) electrons. The van der Waals surface area contributed by atoms with Crippen LogP contribution in [0.2, 0.25) is 0 Å². The molecule has 1 aliphatic rings. The maximum absolute atomic E-state index is 13.2. The van der Waals surface area contributed by atoms with Crippen LogP contribution in [0.4, 0.5) is 28.7 Å². The Morgan fingerprint density at radius 3 is 2.54 bits per heavy atom. The fourth-order valence-corrected chi connectivity index (χ4v) is 4.52. The van der Waals surface area contributed by atoms with E-state index in [9.17, 15) is 14.7 Å². The summed E-state index contributed by atoms with van der Waals surface area (Å²) < 4.78 is 5.65. The van der Waals surface area contributed by atoms with Crippen molar-refractivity contribution in [3.8, 4) is 5.75 Å². The van der Waals surface area contributed by atoms with Crippen molar-refractivity contribution in [1.82, 2.24) is 14.9 Å². The number of ether oxygens (including phenoxy) is 1. The van der Waals surface area contributed by atoms with E-state index < -0.39 is 0 Å². The van der Waals surface area contributed by atoms with E-state index in [1.807, 2.05) is 44.2 Å². The molecule has 41 heavy (non-hydrogen) atoms. The molecule has 1 saturated heterocycles. The van der Waals surface area contributed by atoms with Crippen molar-refractivity contribution in [2.75, 3.05) is 74.9 Å². The Kier molecular flexibility index (Phi) is 9.53. The lowest BCUT2D eigenvalue weighted by atomic mass is 10.1. The van der Waals surface area contributed by atoms with Gasteiger partial charge in [0.25, 0.3) is 0 Å². The molecule has 216 valence electrons. The van der Waals surface area contributed by atoms with Gasteiger partial charge in [-0.15, -0.1) is 0 Å². The van der Waals surface area contributed by atoms with Gasteiger partial charge in [-0.25, -0.2) is 9.97 Å². The summed E-state index contributed by atoms with van der Waals surface area (Å²) >= 11 is 0. The van der Waals surface area contributed by atoms with Crippen LogP contribution in [0.15, 0.2) is 61.3 Å². The van der Waals surface area contributed by atoms with Gasteiger partial charge in [-0.2, -0.15) is 0 Å². The minimum absolute atomic E-state index is 0.200. The molecule has 0 spiro atoms. The van der Waals surface area contributed by atoms with Crippen LogP contribution >= 0.6 is 0 Å².